The Bertz CT molecular complexity index is 817. The highest BCUT2D eigenvalue weighted by molar-refractivity contribution is 5.95. The molecule has 1 aromatic rings. The van der Waals surface area contributed by atoms with Gasteiger partial charge in [0, 0.05) is 31.9 Å². The lowest BCUT2D eigenvalue weighted by molar-refractivity contribution is -0.147. The number of urea groups is 1. The van der Waals surface area contributed by atoms with Crippen LogP contribution in [-0.4, -0.2) is 72.3 Å². The van der Waals surface area contributed by atoms with Crippen molar-refractivity contribution in [3.8, 4) is 0 Å². The predicted octanol–water partition coefficient (Wildman–Crippen LogP) is 3.29. The van der Waals surface area contributed by atoms with Gasteiger partial charge in [-0.1, -0.05) is 19.1 Å². The average Bonchev–Trinajstić information content (AvgIpc) is 3.03. The van der Waals surface area contributed by atoms with Crippen LogP contribution in [0.1, 0.15) is 40.2 Å². The van der Waals surface area contributed by atoms with Gasteiger partial charge in [0.05, 0.1) is 18.6 Å². The van der Waals surface area contributed by atoms with Crippen molar-refractivity contribution in [2.45, 2.75) is 52.7 Å². The van der Waals surface area contributed by atoms with Crippen molar-refractivity contribution in [1.82, 2.24) is 9.80 Å². The van der Waals surface area contributed by atoms with E-state index in [1.807, 2.05) is 56.9 Å². The predicted molar refractivity (Wildman–Crippen MR) is 117 cm³/mol. The van der Waals surface area contributed by atoms with E-state index >= 15 is 0 Å². The molecule has 8 heteroatoms. The molecule has 0 spiro atoms. The number of anilines is 1. The first-order valence-corrected chi connectivity index (χ1v) is 10.9. The number of benzene rings is 1. The van der Waals surface area contributed by atoms with Gasteiger partial charge in [0.15, 0.2) is 0 Å². The van der Waals surface area contributed by atoms with E-state index in [4.69, 9.17) is 9.47 Å². The highest BCUT2D eigenvalue weighted by Crippen LogP contribution is 2.27. The molecule has 2 atom stereocenters. The van der Waals surface area contributed by atoms with E-state index in [1.165, 1.54) is 0 Å². The second-order valence-electron chi connectivity index (χ2n) is 9.19. The van der Waals surface area contributed by atoms with Crippen molar-refractivity contribution in [3.05, 3.63) is 29.8 Å². The molecular weight excluding hydrogens is 398 g/mol. The molecule has 8 nitrogen and oxygen atoms in total. The summed E-state index contributed by atoms with van der Waals surface area (Å²) in [5, 5.41) is 0. The van der Waals surface area contributed by atoms with Gasteiger partial charge in [-0.25, -0.2) is 9.59 Å². The fourth-order valence-electron chi connectivity index (χ4n) is 3.95. The van der Waals surface area contributed by atoms with Crippen molar-refractivity contribution in [1.29, 1.82) is 0 Å². The lowest BCUT2D eigenvalue weighted by atomic mass is 10.0. The molecule has 31 heavy (non-hydrogen) atoms. The molecule has 3 amide bonds. The fourth-order valence-corrected chi connectivity index (χ4v) is 3.95. The van der Waals surface area contributed by atoms with Crippen LogP contribution in [0.3, 0.4) is 0 Å². The third-order valence-electron chi connectivity index (χ3n) is 5.48. The zero-order valence-electron chi connectivity index (χ0n) is 19.1. The summed E-state index contributed by atoms with van der Waals surface area (Å²) in [5.41, 5.74) is 1.29. The molecule has 0 radical (unpaired) electrons. The molecule has 2 heterocycles. The second kappa shape index (κ2) is 9.16. The minimum absolute atomic E-state index is 0.0403. The van der Waals surface area contributed by atoms with Crippen molar-refractivity contribution in [2.75, 3.05) is 37.7 Å². The summed E-state index contributed by atoms with van der Waals surface area (Å²) < 4.78 is 10.5. The summed E-state index contributed by atoms with van der Waals surface area (Å²) in [6, 6.07) is 7.62. The highest BCUT2D eigenvalue weighted by atomic mass is 16.6. The Morgan fingerprint density at radius 2 is 1.81 bits per heavy atom. The van der Waals surface area contributed by atoms with Crippen molar-refractivity contribution >= 4 is 23.8 Å². The van der Waals surface area contributed by atoms with Gasteiger partial charge in [0.1, 0.15) is 5.60 Å². The Labute approximate surface area is 184 Å². The molecule has 2 aliphatic rings. The lowest BCUT2D eigenvalue weighted by Crippen LogP contribution is -2.54. The summed E-state index contributed by atoms with van der Waals surface area (Å²) in [6.45, 7) is 11.5. The standard InChI is InChI=1S/C23H33N3O5/c1-6-30-20(27)16(2)13-17-7-9-18(10-8-17)26-15-19-14-24(11-12-25(19)21(26)28)22(29)31-23(3,4)5/h7-10,16,19H,6,11-15H2,1-5H3/t16-,19+/m1/s1. The number of rotatable bonds is 5. The van der Waals surface area contributed by atoms with E-state index in [-0.39, 0.29) is 30.1 Å². The van der Waals surface area contributed by atoms with Gasteiger partial charge in [-0.3, -0.25) is 9.69 Å². The number of nitrogens with zero attached hydrogens (tertiary/aromatic N) is 3. The number of ether oxygens (including phenoxy) is 2. The third kappa shape index (κ3) is 5.48. The normalized spacial score (nSPS) is 19.8. The smallest absolute Gasteiger partial charge is 0.410 e. The van der Waals surface area contributed by atoms with Crippen molar-refractivity contribution < 1.29 is 23.9 Å². The lowest BCUT2D eigenvalue weighted by Gasteiger charge is -2.36. The van der Waals surface area contributed by atoms with Crippen molar-refractivity contribution in [2.24, 2.45) is 5.92 Å². The van der Waals surface area contributed by atoms with Crippen LogP contribution in [0.2, 0.25) is 0 Å². The monoisotopic (exact) mass is 431 g/mol. The van der Waals surface area contributed by atoms with Gasteiger partial charge < -0.3 is 19.3 Å². The van der Waals surface area contributed by atoms with Gasteiger partial charge in [-0.15, -0.1) is 0 Å². The summed E-state index contributed by atoms with van der Waals surface area (Å²) in [5.74, 6) is -0.417. The maximum absolute atomic E-state index is 12.9. The largest absolute Gasteiger partial charge is 0.466 e. The van der Waals surface area contributed by atoms with Gasteiger partial charge >= 0.3 is 18.1 Å². The van der Waals surface area contributed by atoms with Crippen LogP contribution in [0.25, 0.3) is 0 Å². The summed E-state index contributed by atoms with van der Waals surface area (Å²) in [7, 11) is 0. The summed E-state index contributed by atoms with van der Waals surface area (Å²) >= 11 is 0. The van der Waals surface area contributed by atoms with Crippen LogP contribution >= 0.6 is 0 Å². The van der Waals surface area contributed by atoms with E-state index < -0.39 is 5.60 Å². The molecule has 2 fully saturated rings. The van der Waals surface area contributed by atoms with Gasteiger partial charge in [0.2, 0.25) is 0 Å². The zero-order valence-corrected chi connectivity index (χ0v) is 19.1. The van der Waals surface area contributed by atoms with Crippen molar-refractivity contribution in [3.63, 3.8) is 0 Å². The Morgan fingerprint density at radius 1 is 1.13 bits per heavy atom. The molecule has 2 saturated heterocycles. The molecule has 2 aliphatic heterocycles. The van der Waals surface area contributed by atoms with E-state index in [0.717, 1.165) is 11.3 Å². The average molecular weight is 432 g/mol. The van der Waals surface area contributed by atoms with Crippen LogP contribution in [0.4, 0.5) is 15.3 Å². The number of amides is 3. The molecule has 0 unspecified atom stereocenters. The first kappa shape index (κ1) is 22.9. The third-order valence-corrected chi connectivity index (χ3v) is 5.48. The molecule has 0 aromatic heterocycles. The molecule has 0 N–H and O–H groups in total. The SMILES string of the molecule is CCOC(=O)[C@H](C)Cc1ccc(N2C[C@@H]3CN(C(=O)OC(C)(C)C)CCN3C2=O)cc1. The van der Waals surface area contributed by atoms with Gasteiger partial charge in [-0.2, -0.15) is 0 Å². The van der Waals surface area contributed by atoms with Crippen LogP contribution < -0.4 is 4.90 Å². The minimum Gasteiger partial charge on any atom is -0.466 e. The van der Waals surface area contributed by atoms with Crippen LogP contribution in [0.15, 0.2) is 24.3 Å². The maximum atomic E-state index is 12.9. The molecule has 0 aliphatic carbocycles. The number of hydrogen-bond donors (Lipinski definition) is 0. The topological polar surface area (TPSA) is 79.4 Å². The number of fused-ring (bicyclic) bond motifs is 1. The van der Waals surface area contributed by atoms with E-state index in [9.17, 15) is 14.4 Å². The highest BCUT2D eigenvalue weighted by Gasteiger charge is 2.42. The Hall–Kier alpha value is -2.77. The number of piperazine rings is 1. The summed E-state index contributed by atoms with van der Waals surface area (Å²) in [6.07, 6.45) is 0.255. The molecule has 0 bridgehead atoms. The molecule has 1 aromatic carbocycles. The zero-order chi connectivity index (χ0) is 22.8. The van der Waals surface area contributed by atoms with E-state index in [0.29, 0.717) is 39.2 Å². The molecular formula is C23H33N3O5. The Kier molecular flexibility index (Phi) is 6.77. The van der Waals surface area contributed by atoms with E-state index in [1.54, 1.807) is 16.7 Å². The van der Waals surface area contributed by atoms with Crippen LogP contribution in [-0.2, 0) is 20.7 Å². The Morgan fingerprint density at radius 3 is 2.42 bits per heavy atom. The number of esters is 1. The number of carbonyl (C=O) groups excluding carboxylic acids is 3. The first-order valence-electron chi connectivity index (χ1n) is 10.9. The quantitative estimate of drug-likeness (QED) is 0.669. The maximum Gasteiger partial charge on any atom is 0.410 e. The number of hydrogen-bond acceptors (Lipinski definition) is 5. The fraction of sp³-hybridized carbons (Fsp3) is 0.609. The van der Waals surface area contributed by atoms with E-state index in [2.05, 4.69) is 0 Å². The Balaban J connectivity index is 1.61. The summed E-state index contributed by atoms with van der Waals surface area (Å²) in [4.78, 5) is 42.4. The molecule has 3 rings (SSSR count). The molecule has 170 valence electrons. The van der Waals surface area contributed by atoms with Crippen LogP contribution in [0.5, 0.6) is 0 Å². The molecule has 0 saturated carbocycles. The first-order chi connectivity index (χ1) is 14.6. The van der Waals surface area contributed by atoms with Gasteiger partial charge in [0.25, 0.3) is 0 Å². The second-order valence-corrected chi connectivity index (χ2v) is 9.19. The number of carbonyl (C=O) groups is 3. The van der Waals surface area contributed by atoms with Crippen LogP contribution in [0, 0.1) is 5.92 Å². The van der Waals surface area contributed by atoms with Gasteiger partial charge in [-0.05, 0) is 51.8 Å². The minimum atomic E-state index is -0.543.